The molecule has 0 N–H and O–H groups in total. The van der Waals surface area contributed by atoms with Crippen LogP contribution in [0.3, 0.4) is 0 Å². The number of methoxy groups -OCH3 is 1. The zero-order chi connectivity index (χ0) is 12.0. The summed E-state index contributed by atoms with van der Waals surface area (Å²) in [4.78, 5) is 11.6. The maximum Gasteiger partial charge on any atom is 1.00 e. The maximum atomic E-state index is 11.6. The van der Waals surface area contributed by atoms with E-state index in [1.165, 1.54) is 7.11 Å². The van der Waals surface area contributed by atoms with E-state index in [2.05, 4.69) is 10.1 Å². The van der Waals surface area contributed by atoms with Crippen molar-refractivity contribution in [2.75, 3.05) is 7.11 Å². The molecule has 0 atom stereocenters. The van der Waals surface area contributed by atoms with E-state index in [0.29, 0.717) is 12.0 Å². The van der Waals surface area contributed by atoms with E-state index in [9.17, 15) is 9.90 Å². The van der Waals surface area contributed by atoms with Crippen molar-refractivity contribution in [3.63, 3.8) is 0 Å². The molecule has 0 heterocycles. The Hall–Kier alpha value is -1.37. The van der Waals surface area contributed by atoms with Crippen LogP contribution in [0.5, 0.6) is 0 Å². The molecule has 1 rings (SSSR count). The first-order chi connectivity index (χ1) is 7.69. The van der Waals surface area contributed by atoms with Gasteiger partial charge >= 0.3 is 18.9 Å². The molecule has 0 aromatic heterocycles. The van der Waals surface area contributed by atoms with Crippen molar-refractivity contribution in [1.29, 1.82) is 0 Å². The van der Waals surface area contributed by atoms with E-state index in [-0.39, 0.29) is 24.6 Å². The quantitative estimate of drug-likeness (QED) is 0.478. The van der Waals surface area contributed by atoms with Crippen LogP contribution in [0.1, 0.15) is 23.7 Å². The van der Waals surface area contributed by atoms with Gasteiger partial charge in [0, 0.05) is 5.95 Å². The zero-order valence-electron chi connectivity index (χ0n) is 10.3. The number of hydrogen-bond donors (Lipinski definition) is 0. The molecule has 0 bridgehead atoms. The summed E-state index contributed by atoms with van der Waals surface area (Å²) in [5.41, 5.74) is 0.591. The zero-order valence-corrected chi connectivity index (χ0v) is 10.3. The topological polar surface area (TPSA) is 63.5 Å². The van der Waals surface area contributed by atoms with Crippen molar-refractivity contribution >= 4 is 5.91 Å². The van der Waals surface area contributed by atoms with Gasteiger partial charge < -0.3 is 20.0 Å². The first-order valence-electron chi connectivity index (χ1n) is 4.94. The fourth-order valence-electron chi connectivity index (χ4n) is 1.15. The molecule has 0 aliphatic heterocycles. The number of allylic oxidation sites excluding steroid dienone is 1. The van der Waals surface area contributed by atoms with Gasteiger partial charge in [-0.3, -0.25) is 0 Å². The maximum absolute atomic E-state index is 11.6. The van der Waals surface area contributed by atoms with Crippen molar-refractivity contribution < 1.29 is 33.5 Å². The second-order valence-corrected chi connectivity index (χ2v) is 3.07. The molecule has 0 saturated carbocycles. The molecule has 17 heavy (non-hydrogen) atoms. The molecule has 0 fully saturated rings. The fourth-order valence-corrected chi connectivity index (χ4v) is 1.15. The van der Waals surface area contributed by atoms with Crippen LogP contribution in [0.15, 0.2) is 42.0 Å². The van der Waals surface area contributed by atoms with Crippen molar-refractivity contribution in [3.05, 3.63) is 52.9 Å². The number of carbonyl (C=O) groups is 1. The predicted octanol–water partition coefficient (Wildman–Crippen LogP) is -1.21. The number of nitrogens with zero attached hydrogens (tertiary/aromatic N) is 1. The molecule has 1 amide bonds. The minimum atomic E-state index is -0.563. The Kier molecular flexibility index (Phi) is 7.20. The Bertz CT molecular complexity index is 390. The van der Waals surface area contributed by atoms with E-state index < -0.39 is 11.9 Å². The Morgan fingerprint density at radius 2 is 1.94 bits per heavy atom. The molecule has 4 nitrogen and oxygen atoms in total. The molecular formula is C12H13LiNO3-. The number of hydrogen-bond acceptors (Lipinski definition) is 3. The second-order valence-electron chi connectivity index (χ2n) is 3.07. The van der Waals surface area contributed by atoms with Crippen LogP contribution in [0.4, 0.5) is 0 Å². The molecule has 0 aliphatic rings. The minimum absolute atomic E-state index is 0. The van der Waals surface area contributed by atoms with Gasteiger partial charge in [-0.15, -0.1) is 5.70 Å². The molecule has 0 spiro atoms. The van der Waals surface area contributed by atoms with Gasteiger partial charge in [0.2, 0.25) is 0 Å². The van der Waals surface area contributed by atoms with Crippen LogP contribution in [-0.2, 0) is 4.74 Å². The predicted molar refractivity (Wildman–Crippen MR) is 58.5 cm³/mol. The van der Waals surface area contributed by atoms with Crippen LogP contribution >= 0.6 is 0 Å². The number of amides is 1. The third-order valence-corrected chi connectivity index (χ3v) is 2.01. The minimum Gasteiger partial charge on any atom is -0.625 e. The first kappa shape index (κ1) is 15.6. The summed E-state index contributed by atoms with van der Waals surface area (Å²) in [5.74, 6) is -0.991. The molecule has 0 aliphatic carbocycles. The van der Waals surface area contributed by atoms with E-state index in [1.54, 1.807) is 31.2 Å². The summed E-state index contributed by atoms with van der Waals surface area (Å²) in [6, 6.07) is 8.59. The van der Waals surface area contributed by atoms with Gasteiger partial charge in [-0.2, -0.15) is 0 Å². The van der Waals surface area contributed by atoms with Crippen molar-refractivity contribution in [1.82, 2.24) is 0 Å². The molecular weight excluding hydrogens is 213 g/mol. The van der Waals surface area contributed by atoms with Gasteiger partial charge in [-0.1, -0.05) is 37.3 Å². The third kappa shape index (κ3) is 4.56. The average Bonchev–Trinajstić information content (AvgIpc) is 2.35. The molecule has 0 saturated heterocycles. The summed E-state index contributed by atoms with van der Waals surface area (Å²) in [6.07, 6.45) is 0.366. The number of carbonyl (C=O) groups excluding carboxylic acids is 1. The number of ether oxygens (including phenoxy) is 1. The largest absolute Gasteiger partial charge is 1.00 e. The van der Waals surface area contributed by atoms with Crippen LogP contribution in [0.25, 0.3) is 5.32 Å². The average molecular weight is 226 g/mol. The molecule has 0 radical (unpaired) electrons. The Balaban J connectivity index is 0.00000256. The molecule has 1 aromatic rings. The van der Waals surface area contributed by atoms with Crippen molar-refractivity contribution in [2.45, 2.75) is 13.3 Å². The van der Waals surface area contributed by atoms with Gasteiger partial charge in [-0.05, 0) is 19.1 Å². The van der Waals surface area contributed by atoms with Gasteiger partial charge in [0.25, 0.3) is 0 Å². The van der Waals surface area contributed by atoms with E-state index in [1.807, 2.05) is 6.07 Å². The Morgan fingerprint density at radius 3 is 2.41 bits per heavy atom. The smallest absolute Gasteiger partial charge is 0.625 e. The summed E-state index contributed by atoms with van der Waals surface area (Å²) < 4.78 is 4.52. The first-order valence-corrected chi connectivity index (χ1v) is 4.94. The standard InChI is InChI=1S/C12H15NO3.Li/c1-3-10(12(15)16-2)13-11(14)9-7-5-4-6-8-9;/h4-8H,3H2,1-2H3,(H2,13,14,15);/q;+1/p-2/b12-10+;. The molecule has 1 aromatic carbocycles. The van der Waals surface area contributed by atoms with Gasteiger partial charge in [-0.25, -0.2) is 0 Å². The summed E-state index contributed by atoms with van der Waals surface area (Å²) >= 11 is 0. The molecule has 86 valence electrons. The molecule has 0 unspecified atom stereocenters. The number of rotatable bonds is 4. The van der Waals surface area contributed by atoms with Crippen LogP contribution in [-0.4, -0.2) is 13.0 Å². The summed E-state index contributed by atoms with van der Waals surface area (Å²) in [5, 5.41) is 14.9. The van der Waals surface area contributed by atoms with Crippen molar-refractivity contribution in [2.24, 2.45) is 0 Å². The Morgan fingerprint density at radius 1 is 1.35 bits per heavy atom. The number of benzene rings is 1. The van der Waals surface area contributed by atoms with Crippen LogP contribution < -0.4 is 24.0 Å². The van der Waals surface area contributed by atoms with E-state index in [0.717, 1.165) is 0 Å². The van der Waals surface area contributed by atoms with Crippen LogP contribution in [0, 0.1) is 0 Å². The normalized spacial score (nSPS) is 10.9. The summed E-state index contributed by atoms with van der Waals surface area (Å²) in [7, 11) is 1.26. The van der Waals surface area contributed by atoms with Crippen molar-refractivity contribution in [3.8, 4) is 0 Å². The SMILES string of the molecule is CC/C([N-]C(=O)c1ccccc1)=C(/[O-])OC.[Li+]. The summed E-state index contributed by atoms with van der Waals surface area (Å²) in [6.45, 7) is 1.74. The van der Waals surface area contributed by atoms with E-state index in [4.69, 9.17) is 0 Å². The molecule has 5 heteroatoms. The Labute approximate surface area is 113 Å². The monoisotopic (exact) mass is 226 g/mol. The third-order valence-electron chi connectivity index (χ3n) is 2.01. The fraction of sp³-hybridized carbons (Fsp3) is 0.250. The van der Waals surface area contributed by atoms with Crippen LogP contribution in [0.2, 0.25) is 0 Å². The second kappa shape index (κ2) is 7.83. The van der Waals surface area contributed by atoms with Gasteiger partial charge in [0.05, 0.1) is 5.91 Å². The van der Waals surface area contributed by atoms with Gasteiger partial charge in [0.1, 0.15) is 0 Å². The van der Waals surface area contributed by atoms with Gasteiger partial charge in [0.15, 0.2) is 0 Å². The van der Waals surface area contributed by atoms with E-state index >= 15 is 0 Å².